The number of nitrogens with two attached hydrogens (primary N) is 1. The molecule has 1 saturated carbocycles. The van der Waals surface area contributed by atoms with Gasteiger partial charge in [0.15, 0.2) is 0 Å². The fourth-order valence-corrected chi connectivity index (χ4v) is 2.49. The van der Waals surface area contributed by atoms with Crippen molar-refractivity contribution in [2.24, 2.45) is 22.6 Å². The summed E-state index contributed by atoms with van der Waals surface area (Å²) >= 11 is 0. The number of hydroxylamine groups is 1. The second-order valence-corrected chi connectivity index (χ2v) is 5.57. The summed E-state index contributed by atoms with van der Waals surface area (Å²) in [5.74, 6) is -0.688. The number of aliphatic carboxylic acids is 1. The Kier molecular flexibility index (Phi) is 6.57. The van der Waals surface area contributed by atoms with E-state index in [1.54, 1.807) is 6.92 Å². The van der Waals surface area contributed by atoms with E-state index in [-0.39, 0.29) is 5.92 Å². The summed E-state index contributed by atoms with van der Waals surface area (Å²) in [6.07, 6.45) is 2.52. The van der Waals surface area contributed by atoms with Crippen LogP contribution in [-0.2, 0) is 9.59 Å². The number of amides is 1. The zero-order chi connectivity index (χ0) is 16.0. The molecule has 4 atom stereocenters. The van der Waals surface area contributed by atoms with E-state index in [4.69, 9.17) is 16.0 Å². The highest BCUT2D eigenvalue weighted by Crippen LogP contribution is 2.32. The topological polar surface area (TPSA) is 137 Å². The van der Waals surface area contributed by atoms with E-state index in [9.17, 15) is 9.59 Å². The summed E-state index contributed by atoms with van der Waals surface area (Å²) in [5.41, 5.74) is 7.90. The average molecular weight is 300 g/mol. The molecule has 0 bridgehead atoms. The van der Waals surface area contributed by atoms with E-state index < -0.39 is 24.0 Å². The molecular weight excluding hydrogens is 276 g/mol. The number of hydrogen-bond donors (Lipinski definition) is 5. The van der Waals surface area contributed by atoms with Crippen LogP contribution in [0.4, 0.5) is 0 Å². The van der Waals surface area contributed by atoms with Gasteiger partial charge in [-0.25, -0.2) is 0 Å². The third kappa shape index (κ3) is 5.31. The first-order valence-corrected chi connectivity index (χ1v) is 7.05. The van der Waals surface area contributed by atoms with Crippen LogP contribution in [0.3, 0.4) is 0 Å². The van der Waals surface area contributed by atoms with Gasteiger partial charge in [0.05, 0.1) is 6.04 Å². The Labute approximate surface area is 123 Å². The maximum Gasteiger partial charge on any atom is 0.325 e. The average Bonchev–Trinajstić information content (AvgIpc) is 2.92. The van der Waals surface area contributed by atoms with Gasteiger partial charge in [-0.05, 0) is 44.9 Å². The van der Waals surface area contributed by atoms with Gasteiger partial charge in [-0.3, -0.25) is 25.3 Å². The monoisotopic (exact) mass is 300 g/mol. The number of amidine groups is 1. The predicted molar refractivity (Wildman–Crippen MR) is 76.9 cm³/mol. The minimum absolute atomic E-state index is 0.0357. The molecule has 6 N–H and O–H groups in total. The van der Waals surface area contributed by atoms with Crippen LogP contribution in [0.1, 0.15) is 33.1 Å². The van der Waals surface area contributed by atoms with E-state index in [1.165, 1.54) is 6.92 Å². The normalized spacial score (nSPS) is 25.2. The maximum absolute atomic E-state index is 11.9. The molecule has 120 valence electrons. The van der Waals surface area contributed by atoms with Gasteiger partial charge in [0.25, 0.3) is 0 Å². The van der Waals surface area contributed by atoms with Crippen LogP contribution in [-0.4, -0.2) is 46.7 Å². The van der Waals surface area contributed by atoms with Crippen molar-refractivity contribution < 1.29 is 19.9 Å². The molecule has 8 heteroatoms. The predicted octanol–water partition coefficient (Wildman–Crippen LogP) is -0.283. The van der Waals surface area contributed by atoms with Crippen LogP contribution < -0.4 is 16.5 Å². The molecule has 8 nitrogen and oxygen atoms in total. The zero-order valence-corrected chi connectivity index (χ0v) is 12.4. The Morgan fingerprint density at radius 1 is 1.43 bits per heavy atom. The van der Waals surface area contributed by atoms with Crippen LogP contribution >= 0.6 is 0 Å². The third-order valence-electron chi connectivity index (χ3n) is 3.87. The van der Waals surface area contributed by atoms with Crippen molar-refractivity contribution in [3.05, 3.63) is 0 Å². The Morgan fingerprint density at radius 3 is 2.67 bits per heavy atom. The number of nitrogens with zero attached hydrogens (tertiary/aromatic N) is 1. The molecule has 1 amide bonds. The Morgan fingerprint density at radius 2 is 2.10 bits per heavy atom. The summed E-state index contributed by atoms with van der Waals surface area (Å²) in [6, 6.07) is -1.64. The molecule has 0 radical (unpaired) electrons. The Hall–Kier alpha value is -1.67. The lowest BCUT2D eigenvalue weighted by atomic mass is 9.96. The lowest BCUT2D eigenvalue weighted by Crippen LogP contribution is -2.49. The second-order valence-electron chi connectivity index (χ2n) is 5.57. The van der Waals surface area contributed by atoms with E-state index >= 15 is 0 Å². The Bertz CT molecular complexity index is 413. The number of carboxylic acids is 1. The molecule has 0 aromatic heterocycles. The standard InChI is InChI=1S/C13H24N4O4/c1-7(13(19)20)16-12(18)11(14)10-4-3-9(5-10)6-15-8(2)17-21/h7,9-11,21H,3-6,14H2,1-2H3,(H,15,17)(H,16,18)(H,19,20). The van der Waals surface area contributed by atoms with Gasteiger partial charge in [0.2, 0.25) is 5.91 Å². The second kappa shape index (κ2) is 7.94. The summed E-state index contributed by atoms with van der Waals surface area (Å²) < 4.78 is 0. The first kappa shape index (κ1) is 17.4. The molecule has 0 aliphatic heterocycles. The van der Waals surface area contributed by atoms with Crippen molar-refractivity contribution in [1.82, 2.24) is 10.8 Å². The highest BCUT2D eigenvalue weighted by molar-refractivity contribution is 5.86. The van der Waals surface area contributed by atoms with Gasteiger partial charge >= 0.3 is 5.97 Å². The molecule has 1 rings (SSSR count). The van der Waals surface area contributed by atoms with Gasteiger partial charge in [0.1, 0.15) is 11.9 Å². The third-order valence-corrected chi connectivity index (χ3v) is 3.87. The number of hydrogen-bond acceptors (Lipinski definition) is 5. The largest absolute Gasteiger partial charge is 0.480 e. The number of carbonyl (C=O) groups excluding carboxylic acids is 1. The number of carbonyl (C=O) groups is 2. The number of carboxylic acid groups (broad SMARTS) is 1. The van der Waals surface area contributed by atoms with Crippen molar-refractivity contribution in [2.75, 3.05) is 6.54 Å². The van der Waals surface area contributed by atoms with E-state index in [1.807, 2.05) is 5.48 Å². The van der Waals surface area contributed by atoms with E-state index in [0.717, 1.165) is 19.3 Å². The summed E-state index contributed by atoms with van der Waals surface area (Å²) in [7, 11) is 0. The van der Waals surface area contributed by atoms with Crippen molar-refractivity contribution in [3.63, 3.8) is 0 Å². The summed E-state index contributed by atoms with van der Waals surface area (Å²) in [6.45, 7) is 3.65. The van der Waals surface area contributed by atoms with Crippen LogP contribution in [0.15, 0.2) is 4.99 Å². The van der Waals surface area contributed by atoms with Gasteiger partial charge in [-0.2, -0.15) is 0 Å². The molecular formula is C13H24N4O4. The zero-order valence-electron chi connectivity index (χ0n) is 12.4. The number of aliphatic imine (C=N–C) groups is 1. The molecule has 4 unspecified atom stereocenters. The van der Waals surface area contributed by atoms with E-state index in [0.29, 0.717) is 18.3 Å². The molecule has 1 aliphatic carbocycles. The molecule has 1 aliphatic rings. The van der Waals surface area contributed by atoms with Gasteiger partial charge < -0.3 is 16.2 Å². The highest BCUT2D eigenvalue weighted by atomic mass is 16.5. The van der Waals surface area contributed by atoms with Gasteiger partial charge in [0, 0.05) is 6.54 Å². The van der Waals surface area contributed by atoms with Gasteiger partial charge in [-0.15, -0.1) is 0 Å². The van der Waals surface area contributed by atoms with Crippen molar-refractivity contribution >= 4 is 17.7 Å². The molecule has 0 aromatic carbocycles. The molecule has 0 aromatic rings. The van der Waals surface area contributed by atoms with Crippen molar-refractivity contribution in [2.45, 2.75) is 45.2 Å². The summed E-state index contributed by atoms with van der Waals surface area (Å²) in [5, 5.41) is 19.8. The van der Waals surface area contributed by atoms with Crippen LogP contribution in [0, 0.1) is 11.8 Å². The number of nitrogens with one attached hydrogen (secondary N) is 2. The first-order valence-electron chi connectivity index (χ1n) is 7.05. The first-order chi connectivity index (χ1) is 9.85. The lowest BCUT2D eigenvalue weighted by molar-refractivity contribution is -0.141. The van der Waals surface area contributed by atoms with Crippen LogP contribution in [0.5, 0.6) is 0 Å². The van der Waals surface area contributed by atoms with E-state index in [2.05, 4.69) is 10.3 Å². The fourth-order valence-electron chi connectivity index (χ4n) is 2.49. The van der Waals surface area contributed by atoms with Crippen molar-refractivity contribution in [3.8, 4) is 0 Å². The summed E-state index contributed by atoms with van der Waals surface area (Å²) in [4.78, 5) is 26.8. The minimum Gasteiger partial charge on any atom is -0.480 e. The van der Waals surface area contributed by atoms with Crippen LogP contribution in [0.2, 0.25) is 0 Å². The SMILES string of the molecule is CC(=NCC1CCC(C(N)C(=O)NC(C)C(=O)O)C1)NO. The molecule has 0 spiro atoms. The number of rotatable bonds is 6. The highest BCUT2D eigenvalue weighted by Gasteiger charge is 2.33. The lowest BCUT2D eigenvalue weighted by Gasteiger charge is -2.20. The molecule has 0 saturated heterocycles. The minimum atomic E-state index is -1.08. The fraction of sp³-hybridized carbons (Fsp3) is 0.769. The van der Waals surface area contributed by atoms with Crippen molar-refractivity contribution in [1.29, 1.82) is 0 Å². The smallest absolute Gasteiger partial charge is 0.325 e. The molecule has 21 heavy (non-hydrogen) atoms. The Balaban J connectivity index is 2.44. The maximum atomic E-state index is 11.9. The van der Waals surface area contributed by atoms with Gasteiger partial charge in [-0.1, -0.05) is 0 Å². The van der Waals surface area contributed by atoms with Crippen LogP contribution in [0.25, 0.3) is 0 Å². The molecule has 1 fully saturated rings. The molecule has 0 heterocycles. The quantitative estimate of drug-likeness (QED) is 0.260.